The SMILES string of the molecule is COc1ccc(-c2cc3nc(CCNC(=O)C4CC4)nn3cn2)cc1. The van der Waals surface area contributed by atoms with Gasteiger partial charge in [-0.15, -0.1) is 5.10 Å². The topological polar surface area (TPSA) is 81.4 Å². The second-order valence-electron chi connectivity index (χ2n) is 6.15. The van der Waals surface area contributed by atoms with E-state index in [2.05, 4.69) is 20.4 Å². The number of rotatable bonds is 6. The van der Waals surface area contributed by atoms with Gasteiger partial charge in [0.2, 0.25) is 5.91 Å². The Morgan fingerprint density at radius 2 is 2.12 bits per heavy atom. The second-order valence-corrected chi connectivity index (χ2v) is 6.15. The molecule has 1 N–H and O–H groups in total. The fraction of sp³-hybridized carbons (Fsp3) is 0.333. The van der Waals surface area contributed by atoms with Gasteiger partial charge in [-0.25, -0.2) is 14.5 Å². The Hall–Kier alpha value is -2.96. The number of carbonyl (C=O) groups is 1. The lowest BCUT2D eigenvalue weighted by Crippen LogP contribution is -2.27. The molecule has 1 fully saturated rings. The number of fused-ring (bicyclic) bond motifs is 1. The maximum Gasteiger partial charge on any atom is 0.223 e. The molecule has 2 aromatic heterocycles. The van der Waals surface area contributed by atoms with Crippen molar-refractivity contribution in [2.24, 2.45) is 5.92 Å². The number of amides is 1. The largest absolute Gasteiger partial charge is 0.497 e. The van der Waals surface area contributed by atoms with Crippen LogP contribution in [0.25, 0.3) is 16.9 Å². The molecule has 7 nitrogen and oxygen atoms in total. The molecule has 0 bridgehead atoms. The molecule has 0 atom stereocenters. The molecule has 1 aliphatic rings. The van der Waals surface area contributed by atoms with Crippen molar-refractivity contribution in [2.75, 3.05) is 13.7 Å². The lowest BCUT2D eigenvalue weighted by atomic mass is 10.1. The molecule has 0 spiro atoms. The van der Waals surface area contributed by atoms with E-state index in [9.17, 15) is 4.79 Å². The summed E-state index contributed by atoms with van der Waals surface area (Å²) in [6.07, 6.45) is 4.29. The minimum Gasteiger partial charge on any atom is -0.497 e. The number of hydrogen-bond donors (Lipinski definition) is 1. The Labute approximate surface area is 145 Å². The fourth-order valence-corrected chi connectivity index (χ4v) is 2.65. The third-order valence-electron chi connectivity index (χ3n) is 4.26. The van der Waals surface area contributed by atoms with Gasteiger partial charge in [-0.05, 0) is 37.1 Å². The van der Waals surface area contributed by atoms with E-state index in [1.807, 2.05) is 30.3 Å². The fourth-order valence-electron chi connectivity index (χ4n) is 2.65. The number of methoxy groups -OCH3 is 1. The Morgan fingerprint density at radius 1 is 1.32 bits per heavy atom. The first-order chi connectivity index (χ1) is 12.2. The molecule has 0 radical (unpaired) electrons. The van der Waals surface area contributed by atoms with E-state index in [1.165, 1.54) is 0 Å². The van der Waals surface area contributed by atoms with Crippen molar-refractivity contribution < 1.29 is 9.53 Å². The standard InChI is InChI=1S/C18H19N5O2/c1-25-14-6-4-12(5-7-14)15-10-17-21-16(22-23(17)11-20-15)8-9-19-18(24)13-2-3-13/h4-7,10-11,13H,2-3,8-9H2,1H3,(H,19,24). The van der Waals surface area contributed by atoms with Gasteiger partial charge in [0.15, 0.2) is 11.5 Å². The number of ether oxygens (including phenoxy) is 1. The molecule has 0 aliphatic heterocycles. The van der Waals surface area contributed by atoms with Crippen LogP contribution in [0.3, 0.4) is 0 Å². The molecule has 0 unspecified atom stereocenters. The highest BCUT2D eigenvalue weighted by molar-refractivity contribution is 5.80. The van der Waals surface area contributed by atoms with Crippen LogP contribution in [-0.4, -0.2) is 39.1 Å². The Bertz CT molecular complexity index is 899. The Balaban J connectivity index is 1.47. The van der Waals surface area contributed by atoms with Gasteiger partial charge in [0.1, 0.15) is 12.1 Å². The molecule has 1 amide bonds. The van der Waals surface area contributed by atoms with E-state index in [0.29, 0.717) is 18.8 Å². The number of nitrogens with zero attached hydrogens (tertiary/aromatic N) is 4. The Morgan fingerprint density at radius 3 is 2.84 bits per heavy atom. The first kappa shape index (κ1) is 15.6. The molecule has 0 saturated heterocycles. The molecule has 128 valence electrons. The predicted octanol–water partition coefficient (Wildman–Crippen LogP) is 1.87. The van der Waals surface area contributed by atoms with Gasteiger partial charge in [-0.1, -0.05) is 0 Å². The number of aromatic nitrogens is 4. The predicted molar refractivity (Wildman–Crippen MR) is 92.2 cm³/mol. The van der Waals surface area contributed by atoms with Crippen molar-refractivity contribution in [1.29, 1.82) is 0 Å². The summed E-state index contributed by atoms with van der Waals surface area (Å²) in [4.78, 5) is 20.6. The van der Waals surface area contributed by atoms with E-state index in [-0.39, 0.29) is 11.8 Å². The number of carbonyl (C=O) groups excluding carboxylic acids is 1. The summed E-state index contributed by atoms with van der Waals surface area (Å²) < 4.78 is 6.83. The van der Waals surface area contributed by atoms with E-state index in [4.69, 9.17) is 4.74 Å². The Kier molecular flexibility index (Phi) is 4.05. The van der Waals surface area contributed by atoms with Crippen molar-refractivity contribution in [3.05, 3.63) is 42.5 Å². The number of benzene rings is 1. The van der Waals surface area contributed by atoms with Crippen molar-refractivity contribution in [2.45, 2.75) is 19.3 Å². The maximum absolute atomic E-state index is 11.6. The molecular weight excluding hydrogens is 318 g/mol. The van der Waals surface area contributed by atoms with Crippen LogP contribution in [0, 0.1) is 5.92 Å². The van der Waals surface area contributed by atoms with Gasteiger partial charge in [-0.2, -0.15) is 0 Å². The van der Waals surface area contributed by atoms with Gasteiger partial charge < -0.3 is 10.1 Å². The van der Waals surface area contributed by atoms with Crippen molar-refractivity contribution in [3.63, 3.8) is 0 Å². The van der Waals surface area contributed by atoms with E-state index < -0.39 is 0 Å². The molecular formula is C18H19N5O2. The lowest BCUT2D eigenvalue weighted by molar-refractivity contribution is -0.122. The molecule has 2 heterocycles. The zero-order valence-electron chi connectivity index (χ0n) is 14.0. The monoisotopic (exact) mass is 337 g/mol. The van der Waals surface area contributed by atoms with Gasteiger partial charge >= 0.3 is 0 Å². The zero-order valence-corrected chi connectivity index (χ0v) is 14.0. The second kappa shape index (κ2) is 6.51. The van der Waals surface area contributed by atoms with E-state index in [1.54, 1.807) is 18.0 Å². The first-order valence-electron chi connectivity index (χ1n) is 8.36. The van der Waals surface area contributed by atoms with Crippen LogP contribution in [-0.2, 0) is 11.2 Å². The average Bonchev–Trinajstić information content (AvgIpc) is 3.41. The smallest absolute Gasteiger partial charge is 0.223 e. The molecule has 1 aromatic carbocycles. The summed E-state index contributed by atoms with van der Waals surface area (Å²) in [7, 11) is 1.64. The third kappa shape index (κ3) is 3.45. The highest BCUT2D eigenvalue weighted by atomic mass is 16.5. The molecule has 1 saturated carbocycles. The summed E-state index contributed by atoms with van der Waals surface area (Å²) in [6, 6.07) is 9.63. The first-order valence-corrected chi connectivity index (χ1v) is 8.36. The van der Waals surface area contributed by atoms with Crippen molar-refractivity contribution in [1.82, 2.24) is 24.9 Å². The highest BCUT2D eigenvalue weighted by Gasteiger charge is 2.29. The summed E-state index contributed by atoms with van der Waals surface area (Å²) in [5.41, 5.74) is 2.56. The maximum atomic E-state index is 11.6. The van der Waals surface area contributed by atoms with Crippen LogP contribution in [0.5, 0.6) is 5.75 Å². The molecule has 7 heteroatoms. The minimum atomic E-state index is 0.146. The zero-order chi connectivity index (χ0) is 17.2. The van der Waals surface area contributed by atoms with Crippen molar-refractivity contribution >= 4 is 11.6 Å². The average molecular weight is 337 g/mol. The number of nitrogens with one attached hydrogen (secondary N) is 1. The van der Waals surface area contributed by atoms with Crippen LogP contribution in [0.15, 0.2) is 36.7 Å². The molecule has 4 rings (SSSR count). The van der Waals surface area contributed by atoms with Crippen LogP contribution in [0.4, 0.5) is 0 Å². The molecule has 25 heavy (non-hydrogen) atoms. The summed E-state index contributed by atoms with van der Waals surface area (Å²) in [5.74, 6) is 1.88. The summed E-state index contributed by atoms with van der Waals surface area (Å²) in [6.45, 7) is 0.560. The summed E-state index contributed by atoms with van der Waals surface area (Å²) in [5, 5.41) is 7.33. The third-order valence-corrected chi connectivity index (χ3v) is 4.26. The molecule has 1 aliphatic carbocycles. The van der Waals surface area contributed by atoms with Crippen LogP contribution in [0.1, 0.15) is 18.7 Å². The van der Waals surface area contributed by atoms with Crippen LogP contribution < -0.4 is 10.1 Å². The van der Waals surface area contributed by atoms with E-state index >= 15 is 0 Å². The van der Waals surface area contributed by atoms with Crippen molar-refractivity contribution in [3.8, 4) is 17.0 Å². The van der Waals surface area contributed by atoms with Gasteiger partial charge in [0.05, 0.1) is 12.8 Å². The van der Waals surface area contributed by atoms with Crippen LogP contribution in [0.2, 0.25) is 0 Å². The molecule has 3 aromatic rings. The summed E-state index contributed by atoms with van der Waals surface area (Å²) >= 11 is 0. The quantitative estimate of drug-likeness (QED) is 0.742. The highest BCUT2D eigenvalue weighted by Crippen LogP contribution is 2.28. The van der Waals surface area contributed by atoms with Gasteiger partial charge in [-0.3, -0.25) is 4.79 Å². The van der Waals surface area contributed by atoms with E-state index in [0.717, 1.165) is 35.5 Å². The normalized spacial score (nSPS) is 13.8. The number of hydrogen-bond acceptors (Lipinski definition) is 5. The minimum absolute atomic E-state index is 0.146. The van der Waals surface area contributed by atoms with Gasteiger partial charge in [0, 0.05) is 30.5 Å². The van der Waals surface area contributed by atoms with Crippen LogP contribution >= 0.6 is 0 Å². The lowest BCUT2D eigenvalue weighted by Gasteiger charge is -2.02. The van der Waals surface area contributed by atoms with Gasteiger partial charge in [0.25, 0.3) is 0 Å².